The third-order valence-corrected chi connectivity index (χ3v) is 18.9. The van der Waals surface area contributed by atoms with E-state index in [1.54, 1.807) is 34.0 Å². The van der Waals surface area contributed by atoms with E-state index in [1.807, 2.05) is 8.80 Å². The zero-order valence-corrected chi connectivity index (χ0v) is 45.9. The molecule has 69 heavy (non-hydrogen) atoms. The molecule has 8 aromatic rings. The maximum Gasteiger partial charge on any atom is 0.265 e. The summed E-state index contributed by atoms with van der Waals surface area (Å²) >= 11 is 5.28. The smallest absolute Gasteiger partial charge is 0.265 e. The van der Waals surface area contributed by atoms with Gasteiger partial charge in [-0.2, -0.15) is 0 Å². The van der Waals surface area contributed by atoms with E-state index in [0.29, 0.717) is 0 Å². The Morgan fingerprint density at radius 3 is 0.971 bits per heavy atom. The predicted molar refractivity (Wildman–Crippen MR) is 305 cm³/mol. The second-order valence-corrected chi connectivity index (χ2v) is 24.3. The lowest BCUT2D eigenvalue weighted by Gasteiger charge is -2.17. The molecule has 0 spiro atoms. The fourth-order valence-electron chi connectivity index (χ4n) is 11.6. The molecule has 0 N–H and O–H groups in total. The minimum Gasteiger partial charge on any atom is -0.268 e. The van der Waals surface area contributed by atoms with Gasteiger partial charge < -0.3 is 0 Å². The number of fused-ring (bicyclic) bond motifs is 8. The van der Waals surface area contributed by atoms with Crippen molar-refractivity contribution in [1.82, 2.24) is 18.8 Å². The fourth-order valence-corrected chi connectivity index (χ4v) is 15.0. The summed E-state index contributed by atoms with van der Waals surface area (Å²) in [4.78, 5) is 46.4. The van der Waals surface area contributed by atoms with Crippen LogP contribution in [0.5, 0.6) is 0 Å². The molecule has 0 atom stereocenters. The van der Waals surface area contributed by atoms with E-state index in [1.165, 1.54) is 190 Å². The Labute approximate surface area is 425 Å². The van der Waals surface area contributed by atoms with Gasteiger partial charge in [-0.15, -0.1) is 34.0 Å². The zero-order chi connectivity index (χ0) is 48.0. The first-order valence-corrected chi connectivity index (χ1v) is 31.2. The van der Waals surface area contributed by atoms with Gasteiger partial charge in [0.25, 0.3) is 11.1 Å². The van der Waals surface area contributed by atoms with Crippen LogP contribution in [0.4, 0.5) is 0 Å². The van der Waals surface area contributed by atoms with Gasteiger partial charge in [0.2, 0.25) is 0 Å². The summed E-state index contributed by atoms with van der Waals surface area (Å²) in [5.41, 5.74) is 5.85. The van der Waals surface area contributed by atoms with Crippen LogP contribution in [-0.4, -0.2) is 18.8 Å². The van der Waals surface area contributed by atoms with Crippen molar-refractivity contribution < 1.29 is 0 Å². The van der Waals surface area contributed by atoms with Crippen molar-refractivity contribution >= 4 is 96.9 Å². The van der Waals surface area contributed by atoms with E-state index >= 15 is 9.59 Å². The quantitative estimate of drug-likeness (QED) is 0.0290. The Kier molecular flexibility index (Phi) is 20.1. The van der Waals surface area contributed by atoms with E-state index in [2.05, 4.69) is 39.8 Å². The Morgan fingerprint density at radius 2 is 0.652 bits per heavy atom. The third kappa shape index (κ3) is 12.2. The predicted octanol–water partition coefficient (Wildman–Crippen LogP) is 19.3. The molecule has 0 fully saturated rings. The summed E-state index contributed by atoms with van der Waals surface area (Å²) in [6.07, 6.45) is 44.6. The summed E-state index contributed by atoms with van der Waals surface area (Å²) < 4.78 is 6.05. The molecule has 6 nitrogen and oxygen atoms in total. The monoisotopic (exact) mass is 991 g/mol. The first-order valence-electron chi connectivity index (χ1n) is 28.8. The number of aryl methyl sites for hydroxylation is 4. The molecular weight excluding hydrogens is 905 g/mol. The lowest BCUT2D eigenvalue weighted by molar-refractivity contribution is 0.557. The summed E-state index contributed by atoms with van der Waals surface area (Å²) in [6.45, 7) is 9.14. The number of hydrogen-bond donors (Lipinski definition) is 0. The molecule has 9 heteroatoms. The molecule has 8 rings (SSSR count). The van der Waals surface area contributed by atoms with Crippen LogP contribution < -0.4 is 11.1 Å². The maximum atomic E-state index is 15.5. The van der Waals surface area contributed by atoms with Crippen LogP contribution >= 0.6 is 34.0 Å². The first kappa shape index (κ1) is 52.2. The topological polar surface area (TPSA) is 68.7 Å². The average molecular weight is 992 g/mol. The van der Waals surface area contributed by atoms with Crippen LogP contribution in [0.25, 0.3) is 62.9 Å². The van der Waals surface area contributed by atoms with Crippen molar-refractivity contribution in [3.05, 3.63) is 53.7 Å². The average Bonchev–Trinajstić information content (AvgIpc) is 4.17. The molecule has 0 amide bonds. The number of thiophene rings is 3. The van der Waals surface area contributed by atoms with E-state index in [4.69, 9.17) is 9.97 Å². The van der Waals surface area contributed by atoms with Gasteiger partial charge in [-0.1, -0.05) is 207 Å². The van der Waals surface area contributed by atoms with E-state index in [9.17, 15) is 0 Å². The SMILES string of the molecule is CCCCCCCCCCCCc1cc2c(nc3c4sc5c6c(c(CCCCCCCC)c(CCCCCCCC)c(c(=O)n23)c46)c(=O)n2c3cc(CCCCCCCCCCCC)sc3nc52)s1. The standard InChI is InChI=1S/C60H86N4O2S3/c1-5-9-13-17-21-23-25-27-29-33-37-43-41-47-57(67-43)61-55-53-51-49(59(65)63(47)55)45(39-35-31-19-15-11-7-3)46(40-36-32-20-16-12-8-4)50-52(51)54(69-53)56-62-58-48(64(56)60(50)66)42-44(68-58)38-34-30-28-26-24-22-18-14-10-6-2/h41-42H,5-40H2,1-4H3. The number of unbranched alkanes of at least 4 members (excludes halogenated alkanes) is 28. The molecule has 0 aliphatic rings. The van der Waals surface area contributed by atoms with E-state index < -0.39 is 0 Å². The van der Waals surface area contributed by atoms with Crippen molar-refractivity contribution in [2.24, 2.45) is 0 Å². The van der Waals surface area contributed by atoms with Gasteiger partial charge in [-0.25, -0.2) is 9.97 Å². The minimum atomic E-state index is 0.0586. The van der Waals surface area contributed by atoms with Crippen molar-refractivity contribution in [2.45, 2.75) is 259 Å². The second kappa shape index (κ2) is 26.5. The van der Waals surface area contributed by atoms with Crippen LogP contribution in [0.15, 0.2) is 21.7 Å². The zero-order valence-electron chi connectivity index (χ0n) is 43.4. The fraction of sp³-hybridized carbons (Fsp3) is 0.667. The number of imidazole rings is 2. The molecule has 7 aromatic heterocycles. The minimum absolute atomic E-state index is 0.0586. The van der Waals surface area contributed by atoms with Crippen molar-refractivity contribution in [3.63, 3.8) is 0 Å². The molecular formula is C60H86N4O2S3. The van der Waals surface area contributed by atoms with Gasteiger partial charge in [-0.05, 0) is 74.6 Å². The Bertz CT molecular complexity index is 2730. The van der Waals surface area contributed by atoms with Crippen molar-refractivity contribution in [3.8, 4) is 0 Å². The molecule has 0 bridgehead atoms. The third-order valence-electron chi connectivity index (χ3n) is 15.5. The molecule has 7 heterocycles. The van der Waals surface area contributed by atoms with E-state index in [-0.39, 0.29) is 11.1 Å². The van der Waals surface area contributed by atoms with Crippen LogP contribution in [0.2, 0.25) is 0 Å². The summed E-state index contributed by atoms with van der Waals surface area (Å²) in [5.74, 6) is 0. The van der Waals surface area contributed by atoms with Gasteiger partial charge >= 0.3 is 0 Å². The number of aromatic nitrogens is 4. The summed E-state index contributed by atoms with van der Waals surface area (Å²) in [7, 11) is 0. The van der Waals surface area contributed by atoms with Crippen LogP contribution in [0.3, 0.4) is 0 Å². The largest absolute Gasteiger partial charge is 0.268 e. The lowest BCUT2D eigenvalue weighted by Crippen LogP contribution is -2.19. The summed E-state index contributed by atoms with van der Waals surface area (Å²) in [5, 5.41) is 3.66. The Hall–Kier alpha value is -3.14. The molecule has 0 saturated carbocycles. The number of rotatable bonds is 36. The number of pyridine rings is 2. The van der Waals surface area contributed by atoms with Gasteiger partial charge in [0.05, 0.1) is 31.2 Å². The highest BCUT2D eigenvalue weighted by atomic mass is 32.1. The van der Waals surface area contributed by atoms with Gasteiger partial charge in [-0.3, -0.25) is 18.4 Å². The summed E-state index contributed by atoms with van der Waals surface area (Å²) in [6, 6.07) is 4.57. The highest BCUT2D eigenvalue weighted by Gasteiger charge is 2.30. The number of hydrogen-bond acceptors (Lipinski definition) is 7. The molecule has 0 aliphatic carbocycles. The molecule has 0 unspecified atom stereocenters. The Balaban J connectivity index is 1.16. The van der Waals surface area contributed by atoms with Gasteiger partial charge in [0.1, 0.15) is 9.66 Å². The normalized spacial score (nSPS) is 12.5. The maximum absolute atomic E-state index is 15.5. The molecule has 0 aliphatic heterocycles. The molecule has 1 aromatic carbocycles. The van der Waals surface area contributed by atoms with Crippen LogP contribution in [0, 0.1) is 0 Å². The highest BCUT2D eigenvalue weighted by molar-refractivity contribution is 7.27. The van der Waals surface area contributed by atoms with Gasteiger partial charge in [0, 0.05) is 20.5 Å². The van der Waals surface area contributed by atoms with Crippen LogP contribution in [-0.2, 0) is 25.7 Å². The van der Waals surface area contributed by atoms with Crippen molar-refractivity contribution in [1.29, 1.82) is 0 Å². The van der Waals surface area contributed by atoms with Crippen molar-refractivity contribution in [2.75, 3.05) is 0 Å². The van der Waals surface area contributed by atoms with Crippen LogP contribution in [0.1, 0.15) is 254 Å². The number of nitrogens with zero attached hydrogens (tertiary/aromatic N) is 4. The first-order chi connectivity index (χ1) is 34.0. The molecule has 0 radical (unpaired) electrons. The van der Waals surface area contributed by atoms with Gasteiger partial charge in [0.15, 0.2) is 11.3 Å². The molecule has 376 valence electrons. The lowest BCUT2D eigenvalue weighted by atomic mass is 9.87. The number of benzene rings is 1. The molecule has 0 saturated heterocycles. The second-order valence-electron chi connectivity index (χ2n) is 21.1. The highest BCUT2D eigenvalue weighted by Crippen LogP contribution is 2.47. The van der Waals surface area contributed by atoms with E-state index in [0.717, 1.165) is 125 Å². The Morgan fingerprint density at radius 1 is 0.362 bits per heavy atom.